The minimum Gasteiger partial charge on any atom is -0.462 e. The van der Waals surface area contributed by atoms with Crippen molar-refractivity contribution in [2.75, 3.05) is 13.7 Å². The van der Waals surface area contributed by atoms with E-state index in [4.69, 9.17) is 18.9 Å². The highest BCUT2D eigenvalue weighted by Gasteiger charge is 2.50. The lowest BCUT2D eigenvalue weighted by Gasteiger charge is -2.28. The van der Waals surface area contributed by atoms with Crippen LogP contribution in [0.3, 0.4) is 0 Å². The fourth-order valence-corrected chi connectivity index (χ4v) is 4.80. The van der Waals surface area contributed by atoms with Crippen LogP contribution in [-0.2, 0) is 41.6 Å². The number of hydrogen-bond acceptors (Lipinski definition) is 6. The quantitative estimate of drug-likeness (QED) is 0.480. The number of carbonyl (C=O) groups is 2. The van der Waals surface area contributed by atoms with E-state index in [-0.39, 0.29) is 42.1 Å². The van der Waals surface area contributed by atoms with Crippen molar-refractivity contribution in [3.63, 3.8) is 0 Å². The topological polar surface area (TPSA) is 71.1 Å². The summed E-state index contributed by atoms with van der Waals surface area (Å²) in [7, 11) is 1.66. The third-order valence-electron chi connectivity index (χ3n) is 6.20. The van der Waals surface area contributed by atoms with E-state index in [9.17, 15) is 9.59 Å². The number of methoxy groups -OCH3 is 1. The van der Waals surface area contributed by atoms with E-state index in [0.29, 0.717) is 25.9 Å². The molecule has 5 atom stereocenters. The largest absolute Gasteiger partial charge is 0.462 e. The molecule has 0 spiro atoms. The standard InChI is InChI=1S/C24H30O6/c1-27-15-17-6-4-5-16(11-17)12-18(25)8-9-19-20-13-23(26)29-22(20)14-21(19)30-24-7-2-3-10-28-24/h4-6,8-9,11,19-22,24H,2-3,7,10,12-15H2,1H3/t19-,20-,21-,22+,24?/m1/s1. The molecule has 2 saturated heterocycles. The zero-order chi connectivity index (χ0) is 20.9. The molecule has 0 radical (unpaired) electrons. The predicted molar refractivity (Wildman–Crippen MR) is 110 cm³/mol. The predicted octanol–water partition coefficient (Wildman–Crippen LogP) is 3.36. The fraction of sp³-hybridized carbons (Fsp3) is 0.583. The maximum Gasteiger partial charge on any atom is 0.306 e. The molecule has 3 fully saturated rings. The normalized spacial score (nSPS) is 31.1. The van der Waals surface area contributed by atoms with Crippen LogP contribution in [0, 0.1) is 11.8 Å². The monoisotopic (exact) mass is 414 g/mol. The maximum atomic E-state index is 12.6. The van der Waals surface area contributed by atoms with Crippen LogP contribution in [0.2, 0.25) is 0 Å². The third kappa shape index (κ3) is 5.17. The van der Waals surface area contributed by atoms with Gasteiger partial charge in [-0.25, -0.2) is 0 Å². The van der Waals surface area contributed by atoms with Gasteiger partial charge in [0.05, 0.1) is 19.1 Å². The Morgan fingerprint density at radius 1 is 1.27 bits per heavy atom. The van der Waals surface area contributed by atoms with Gasteiger partial charge in [0.25, 0.3) is 0 Å². The smallest absolute Gasteiger partial charge is 0.306 e. The van der Waals surface area contributed by atoms with E-state index in [1.54, 1.807) is 13.2 Å². The molecule has 30 heavy (non-hydrogen) atoms. The van der Waals surface area contributed by atoms with Crippen LogP contribution in [0.25, 0.3) is 0 Å². The van der Waals surface area contributed by atoms with Crippen LogP contribution in [-0.4, -0.2) is 44.0 Å². The molecule has 0 N–H and O–H groups in total. The molecule has 4 rings (SSSR count). The molecule has 1 aromatic rings. The van der Waals surface area contributed by atoms with Gasteiger partial charge in [0, 0.05) is 38.4 Å². The first-order valence-electron chi connectivity index (χ1n) is 10.9. The highest BCUT2D eigenvalue weighted by molar-refractivity contribution is 5.91. The van der Waals surface area contributed by atoms with Gasteiger partial charge in [-0.2, -0.15) is 0 Å². The molecule has 1 unspecified atom stereocenters. The Kier molecular flexibility index (Phi) is 6.97. The second kappa shape index (κ2) is 9.86. The molecule has 6 heteroatoms. The maximum absolute atomic E-state index is 12.6. The summed E-state index contributed by atoms with van der Waals surface area (Å²) in [5.41, 5.74) is 2.01. The highest BCUT2D eigenvalue weighted by Crippen LogP contribution is 2.44. The minimum absolute atomic E-state index is 0.0178. The van der Waals surface area contributed by atoms with Crippen molar-refractivity contribution in [2.24, 2.45) is 11.8 Å². The Bertz CT molecular complexity index is 782. The fourth-order valence-electron chi connectivity index (χ4n) is 4.80. The summed E-state index contributed by atoms with van der Waals surface area (Å²) in [6.45, 7) is 1.25. The zero-order valence-electron chi connectivity index (χ0n) is 17.5. The Morgan fingerprint density at radius 2 is 2.13 bits per heavy atom. The van der Waals surface area contributed by atoms with E-state index >= 15 is 0 Å². The lowest BCUT2D eigenvalue weighted by Crippen LogP contribution is -2.31. The summed E-state index contributed by atoms with van der Waals surface area (Å²) >= 11 is 0. The van der Waals surface area contributed by atoms with E-state index in [1.165, 1.54) is 0 Å². The number of fused-ring (bicyclic) bond motifs is 1. The van der Waals surface area contributed by atoms with Crippen molar-refractivity contribution >= 4 is 11.8 Å². The van der Waals surface area contributed by atoms with Crippen molar-refractivity contribution in [1.29, 1.82) is 0 Å². The lowest BCUT2D eigenvalue weighted by atomic mass is 9.91. The first-order chi connectivity index (χ1) is 14.6. The van der Waals surface area contributed by atoms with E-state index < -0.39 is 0 Å². The molecule has 1 saturated carbocycles. The third-order valence-corrected chi connectivity index (χ3v) is 6.20. The van der Waals surface area contributed by atoms with E-state index in [1.807, 2.05) is 30.3 Å². The summed E-state index contributed by atoms with van der Waals surface area (Å²) in [4.78, 5) is 24.4. The van der Waals surface area contributed by atoms with E-state index in [2.05, 4.69) is 0 Å². The van der Waals surface area contributed by atoms with Gasteiger partial charge in [-0.15, -0.1) is 0 Å². The second-order valence-corrected chi connectivity index (χ2v) is 8.44. The average Bonchev–Trinajstić information content (AvgIpc) is 3.23. The highest BCUT2D eigenvalue weighted by atomic mass is 16.7. The molecular weight excluding hydrogens is 384 g/mol. The summed E-state index contributed by atoms with van der Waals surface area (Å²) in [5.74, 6) is -0.0705. The Labute approximate surface area is 177 Å². The van der Waals surface area contributed by atoms with Gasteiger partial charge in [-0.1, -0.05) is 30.3 Å². The summed E-state index contributed by atoms with van der Waals surface area (Å²) in [6, 6.07) is 7.87. The number of benzene rings is 1. The summed E-state index contributed by atoms with van der Waals surface area (Å²) < 4.78 is 22.6. The number of esters is 1. The van der Waals surface area contributed by atoms with Crippen molar-refractivity contribution in [3.05, 3.63) is 47.5 Å². The lowest BCUT2D eigenvalue weighted by molar-refractivity contribution is -0.194. The van der Waals surface area contributed by atoms with Gasteiger partial charge in [-0.05, 0) is 36.5 Å². The molecule has 0 amide bonds. The molecule has 0 aromatic heterocycles. The number of ketones is 1. The number of rotatable bonds is 8. The number of hydrogen-bond donors (Lipinski definition) is 0. The molecule has 6 nitrogen and oxygen atoms in total. The molecule has 1 aromatic carbocycles. The number of ether oxygens (including phenoxy) is 4. The molecule has 2 heterocycles. The first kappa shape index (κ1) is 21.2. The van der Waals surface area contributed by atoms with Gasteiger partial charge in [0.2, 0.25) is 0 Å². The van der Waals surface area contributed by atoms with Gasteiger partial charge >= 0.3 is 5.97 Å². The van der Waals surface area contributed by atoms with Gasteiger partial charge in [-0.3, -0.25) is 9.59 Å². The van der Waals surface area contributed by atoms with Crippen molar-refractivity contribution in [1.82, 2.24) is 0 Å². The minimum atomic E-state index is -0.201. The zero-order valence-corrected chi connectivity index (χ0v) is 17.5. The Hall–Kier alpha value is -2.02. The van der Waals surface area contributed by atoms with Crippen LogP contribution >= 0.6 is 0 Å². The summed E-state index contributed by atoms with van der Waals surface area (Å²) in [5, 5.41) is 0. The Morgan fingerprint density at radius 3 is 2.93 bits per heavy atom. The Balaban J connectivity index is 1.41. The second-order valence-electron chi connectivity index (χ2n) is 8.44. The summed E-state index contributed by atoms with van der Waals surface area (Å²) in [6.07, 6.45) is 7.60. The molecule has 0 bridgehead atoms. The van der Waals surface area contributed by atoms with Crippen molar-refractivity contribution in [3.8, 4) is 0 Å². The SMILES string of the molecule is COCc1cccc(CC(=O)C=C[C@@H]2[C@H]3CC(=O)O[C@H]3C[C@H]2OC2CCCCO2)c1. The van der Waals surface area contributed by atoms with E-state index in [0.717, 1.165) is 37.0 Å². The van der Waals surface area contributed by atoms with Crippen LogP contribution < -0.4 is 0 Å². The first-order valence-corrected chi connectivity index (χ1v) is 10.9. The van der Waals surface area contributed by atoms with Crippen LogP contribution in [0.15, 0.2) is 36.4 Å². The number of allylic oxidation sites excluding steroid dienone is 1. The van der Waals surface area contributed by atoms with Crippen molar-refractivity contribution < 1.29 is 28.5 Å². The van der Waals surface area contributed by atoms with Crippen molar-refractivity contribution in [2.45, 2.75) is 63.6 Å². The average molecular weight is 414 g/mol. The van der Waals surface area contributed by atoms with Gasteiger partial charge in [0.1, 0.15) is 6.10 Å². The van der Waals surface area contributed by atoms with Crippen LogP contribution in [0.5, 0.6) is 0 Å². The number of carbonyl (C=O) groups excluding carboxylic acids is 2. The molecule has 1 aliphatic carbocycles. The molecule has 162 valence electrons. The van der Waals surface area contributed by atoms with Crippen LogP contribution in [0.4, 0.5) is 0 Å². The molecule has 3 aliphatic rings. The molecular formula is C24H30O6. The van der Waals surface area contributed by atoms with Gasteiger partial charge in [0.15, 0.2) is 12.1 Å². The van der Waals surface area contributed by atoms with Crippen LogP contribution in [0.1, 0.15) is 43.2 Å². The molecule has 2 aliphatic heterocycles. The van der Waals surface area contributed by atoms with Gasteiger partial charge < -0.3 is 18.9 Å².